The van der Waals surface area contributed by atoms with E-state index in [1.807, 2.05) is 20.9 Å². The SMILES string of the molecule is CNCc1c(C)nn(Cc2nccn2C(F)F)c1C. The predicted octanol–water partition coefficient (Wildman–Crippen LogP) is 1.86. The zero-order valence-electron chi connectivity index (χ0n) is 11.2. The molecule has 2 heterocycles. The zero-order chi connectivity index (χ0) is 14.0. The fraction of sp³-hybridized carbons (Fsp3) is 0.500. The van der Waals surface area contributed by atoms with E-state index in [0.29, 0.717) is 12.4 Å². The average Bonchev–Trinajstić information content (AvgIpc) is 2.91. The second-order valence-electron chi connectivity index (χ2n) is 4.37. The molecule has 5 nitrogen and oxygen atoms in total. The predicted molar refractivity (Wildman–Crippen MR) is 67.0 cm³/mol. The van der Waals surface area contributed by atoms with Gasteiger partial charge >= 0.3 is 6.55 Å². The van der Waals surface area contributed by atoms with Gasteiger partial charge in [0.25, 0.3) is 0 Å². The minimum Gasteiger partial charge on any atom is -0.316 e. The highest BCUT2D eigenvalue weighted by atomic mass is 19.3. The van der Waals surface area contributed by atoms with Gasteiger partial charge in [0.05, 0.1) is 12.2 Å². The molecule has 19 heavy (non-hydrogen) atoms. The van der Waals surface area contributed by atoms with Crippen molar-refractivity contribution < 1.29 is 8.78 Å². The molecule has 0 fully saturated rings. The molecule has 0 spiro atoms. The molecule has 2 rings (SSSR count). The molecular formula is C12H17F2N5. The van der Waals surface area contributed by atoms with Crippen LogP contribution in [0.2, 0.25) is 0 Å². The highest BCUT2D eigenvalue weighted by Gasteiger charge is 2.15. The van der Waals surface area contributed by atoms with Gasteiger partial charge in [-0.05, 0) is 20.9 Å². The Hall–Kier alpha value is -1.76. The van der Waals surface area contributed by atoms with Gasteiger partial charge in [-0.3, -0.25) is 9.25 Å². The van der Waals surface area contributed by atoms with Gasteiger partial charge < -0.3 is 5.32 Å². The summed E-state index contributed by atoms with van der Waals surface area (Å²) in [5, 5.41) is 7.46. The van der Waals surface area contributed by atoms with Crippen molar-refractivity contribution in [2.75, 3.05) is 7.05 Å². The van der Waals surface area contributed by atoms with Crippen molar-refractivity contribution in [3.63, 3.8) is 0 Å². The van der Waals surface area contributed by atoms with E-state index < -0.39 is 6.55 Å². The summed E-state index contributed by atoms with van der Waals surface area (Å²) in [5.74, 6) is 0.302. The van der Waals surface area contributed by atoms with Crippen LogP contribution in [0.3, 0.4) is 0 Å². The number of hydrogen-bond donors (Lipinski definition) is 1. The molecular weight excluding hydrogens is 252 g/mol. The van der Waals surface area contributed by atoms with E-state index in [1.54, 1.807) is 4.68 Å². The minimum absolute atomic E-state index is 0.244. The minimum atomic E-state index is -2.58. The van der Waals surface area contributed by atoms with Crippen LogP contribution in [0.15, 0.2) is 12.4 Å². The summed E-state index contributed by atoms with van der Waals surface area (Å²) >= 11 is 0. The fourth-order valence-electron chi connectivity index (χ4n) is 2.10. The highest BCUT2D eigenvalue weighted by molar-refractivity contribution is 5.24. The summed E-state index contributed by atoms with van der Waals surface area (Å²) in [6.45, 7) is 2.22. The van der Waals surface area contributed by atoms with Gasteiger partial charge in [0.15, 0.2) is 0 Å². The van der Waals surface area contributed by atoms with Crippen LogP contribution < -0.4 is 5.32 Å². The Labute approximate surface area is 110 Å². The smallest absolute Gasteiger partial charge is 0.316 e. The van der Waals surface area contributed by atoms with Crippen LogP contribution in [0.4, 0.5) is 8.78 Å². The highest BCUT2D eigenvalue weighted by Crippen LogP contribution is 2.17. The lowest BCUT2D eigenvalue weighted by atomic mass is 10.2. The Morgan fingerprint density at radius 2 is 2.11 bits per heavy atom. The van der Waals surface area contributed by atoms with Gasteiger partial charge in [0, 0.05) is 30.2 Å². The van der Waals surface area contributed by atoms with Crippen LogP contribution in [-0.2, 0) is 13.1 Å². The van der Waals surface area contributed by atoms with Crippen LogP contribution in [0.25, 0.3) is 0 Å². The third-order valence-corrected chi connectivity index (χ3v) is 3.14. The third kappa shape index (κ3) is 2.65. The topological polar surface area (TPSA) is 47.7 Å². The Balaban J connectivity index is 2.28. The monoisotopic (exact) mass is 269 g/mol. The van der Waals surface area contributed by atoms with Gasteiger partial charge in [0.1, 0.15) is 5.82 Å². The summed E-state index contributed by atoms with van der Waals surface area (Å²) in [6.07, 6.45) is 2.65. The van der Waals surface area contributed by atoms with Crippen LogP contribution in [0.1, 0.15) is 29.3 Å². The molecule has 0 saturated heterocycles. The Bertz CT molecular complexity index is 558. The summed E-state index contributed by atoms with van der Waals surface area (Å²) in [7, 11) is 1.86. The van der Waals surface area contributed by atoms with Crippen LogP contribution in [0, 0.1) is 13.8 Å². The first-order valence-electron chi connectivity index (χ1n) is 6.02. The van der Waals surface area contributed by atoms with E-state index in [9.17, 15) is 8.78 Å². The largest absolute Gasteiger partial charge is 0.319 e. The van der Waals surface area contributed by atoms with Crippen molar-refractivity contribution in [2.45, 2.75) is 33.5 Å². The lowest BCUT2D eigenvalue weighted by molar-refractivity contribution is 0.0665. The molecule has 0 atom stereocenters. The summed E-state index contributed by atoms with van der Waals surface area (Å²) < 4.78 is 28.1. The first-order chi connectivity index (χ1) is 9.04. The number of halogens is 2. The molecule has 0 aliphatic carbocycles. The molecule has 2 aromatic heterocycles. The van der Waals surface area contributed by atoms with Crippen molar-refractivity contribution in [1.29, 1.82) is 0 Å². The zero-order valence-corrected chi connectivity index (χ0v) is 11.2. The molecule has 0 unspecified atom stereocenters. The van der Waals surface area contributed by atoms with Gasteiger partial charge in [0.2, 0.25) is 0 Å². The second-order valence-corrected chi connectivity index (χ2v) is 4.37. The van der Waals surface area contributed by atoms with E-state index >= 15 is 0 Å². The number of hydrogen-bond acceptors (Lipinski definition) is 3. The molecule has 0 aromatic carbocycles. The second kappa shape index (κ2) is 5.48. The number of rotatable bonds is 5. The first kappa shape index (κ1) is 13.7. The van der Waals surface area contributed by atoms with E-state index in [4.69, 9.17) is 0 Å². The Morgan fingerprint density at radius 3 is 2.74 bits per heavy atom. The van der Waals surface area contributed by atoms with E-state index in [1.165, 1.54) is 12.4 Å². The van der Waals surface area contributed by atoms with Crippen molar-refractivity contribution >= 4 is 0 Å². The van der Waals surface area contributed by atoms with Crippen molar-refractivity contribution in [3.05, 3.63) is 35.2 Å². The summed E-state index contributed by atoms with van der Waals surface area (Å²) in [6, 6.07) is 0. The van der Waals surface area contributed by atoms with Crippen LogP contribution in [0.5, 0.6) is 0 Å². The first-order valence-corrected chi connectivity index (χ1v) is 6.02. The molecule has 0 saturated carbocycles. The standard InChI is InChI=1S/C12H17F2N5/c1-8-10(6-15-3)9(2)19(17-8)7-11-16-4-5-18(11)12(13)14/h4-5,12,15H,6-7H2,1-3H3. The maximum absolute atomic E-state index is 12.8. The number of aromatic nitrogens is 4. The molecule has 0 aliphatic rings. The van der Waals surface area contributed by atoms with Crippen LogP contribution >= 0.6 is 0 Å². The molecule has 2 aromatic rings. The molecule has 0 aliphatic heterocycles. The van der Waals surface area contributed by atoms with E-state index in [-0.39, 0.29) is 6.54 Å². The number of imidazole rings is 1. The Morgan fingerprint density at radius 1 is 1.37 bits per heavy atom. The normalized spacial score (nSPS) is 11.5. The quantitative estimate of drug-likeness (QED) is 0.901. The molecule has 0 amide bonds. The van der Waals surface area contributed by atoms with Gasteiger partial charge in [-0.15, -0.1) is 0 Å². The van der Waals surface area contributed by atoms with Crippen molar-refractivity contribution in [3.8, 4) is 0 Å². The van der Waals surface area contributed by atoms with Crippen molar-refractivity contribution in [1.82, 2.24) is 24.6 Å². The lowest BCUT2D eigenvalue weighted by Gasteiger charge is -2.08. The average molecular weight is 269 g/mol. The maximum atomic E-state index is 12.8. The maximum Gasteiger partial charge on any atom is 0.319 e. The van der Waals surface area contributed by atoms with Gasteiger partial charge in [-0.25, -0.2) is 4.98 Å². The fourth-order valence-corrected chi connectivity index (χ4v) is 2.10. The van der Waals surface area contributed by atoms with Gasteiger partial charge in [-0.1, -0.05) is 0 Å². The number of aryl methyl sites for hydroxylation is 1. The molecule has 7 heteroatoms. The molecule has 0 bridgehead atoms. The van der Waals surface area contributed by atoms with E-state index in [0.717, 1.165) is 21.5 Å². The number of nitrogens with one attached hydrogen (secondary N) is 1. The summed E-state index contributed by atoms with van der Waals surface area (Å²) in [4.78, 5) is 3.97. The Kier molecular flexibility index (Phi) is 3.94. The van der Waals surface area contributed by atoms with Gasteiger partial charge in [-0.2, -0.15) is 13.9 Å². The molecule has 0 radical (unpaired) electrons. The third-order valence-electron chi connectivity index (χ3n) is 3.14. The van der Waals surface area contributed by atoms with E-state index in [2.05, 4.69) is 15.4 Å². The molecule has 104 valence electrons. The van der Waals surface area contributed by atoms with Crippen LogP contribution in [-0.4, -0.2) is 26.4 Å². The molecule has 1 N–H and O–H groups in total. The summed E-state index contributed by atoms with van der Waals surface area (Å²) in [5.41, 5.74) is 2.97. The lowest BCUT2D eigenvalue weighted by Crippen LogP contribution is -2.12. The number of alkyl halides is 2. The van der Waals surface area contributed by atoms with Crippen molar-refractivity contribution in [2.24, 2.45) is 0 Å². The number of nitrogens with zero attached hydrogens (tertiary/aromatic N) is 4.